The van der Waals surface area contributed by atoms with Crippen molar-refractivity contribution in [3.8, 4) is 0 Å². The highest BCUT2D eigenvalue weighted by Gasteiger charge is 2.31. The molecule has 1 unspecified atom stereocenters. The van der Waals surface area contributed by atoms with Crippen molar-refractivity contribution in [1.82, 2.24) is 4.90 Å². The van der Waals surface area contributed by atoms with E-state index in [-0.39, 0.29) is 12.1 Å². The van der Waals surface area contributed by atoms with Crippen LogP contribution in [0.5, 0.6) is 0 Å². The van der Waals surface area contributed by atoms with Gasteiger partial charge >= 0.3 is 0 Å². The van der Waals surface area contributed by atoms with E-state index in [4.69, 9.17) is 0 Å². The second-order valence-electron chi connectivity index (χ2n) is 6.92. The lowest BCUT2D eigenvalue weighted by Crippen LogP contribution is -2.29. The van der Waals surface area contributed by atoms with Crippen LogP contribution in [0.15, 0.2) is 36.4 Å². The number of rotatable bonds is 3. The highest BCUT2D eigenvalue weighted by Crippen LogP contribution is 2.36. The minimum atomic E-state index is -0.201. The molecule has 2 aromatic carbocycles. The van der Waals surface area contributed by atoms with Crippen LogP contribution in [0.4, 0.5) is 0 Å². The van der Waals surface area contributed by atoms with Gasteiger partial charge < -0.3 is 5.11 Å². The Labute approximate surface area is 139 Å². The molecule has 1 aliphatic rings. The molecule has 2 nitrogen and oxygen atoms in total. The molecule has 0 aromatic heterocycles. The maximum absolute atomic E-state index is 10.0. The maximum Gasteiger partial charge on any atom is 0.0679 e. The number of hydrogen-bond donors (Lipinski definition) is 1. The minimum Gasteiger partial charge on any atom is -0.392 e. The van der Waals surface area contributed by atoms with E-state index < -0.39 is 0 Å². The van der Waals surface area contributed by atoms with Crippen LogP contribution in [-0.2, 0) is 0 Å². The first kappa shape index (κ1) is 16.2. The van der Waals surface area contributed by atoms with Gasteiger partial charge in [0, 0.05) is 13.1 Å². The van der Waals surface area contributed by atoms with Crippen LogP contribution in [0, 0.1) is 27.7 Å². The van der Waals surface area contributed by atoms with Crippen LogP contribution >= 0.6 is 0 Å². The molecule has 1 heterocycles. The number of aliphatic hydroxyl groups is 1. The zero-order valence-electron chi connectivity index (χ0n) is 14.6. The van der Waals surface area contributed by atoms with Crippen molar-refractivity contribution >= 4 is 0 Å². The quantitative estimate of drug-likeness (QED) is 0.923. The summed E-state index contributed by atoms with van der Waals surface area (Å²) >= 11 is 0. The normalized spacial score (nSPS) is 18.8. The van der Waals surface area contributed by atoms with Crippen LogP contribution in [-0.4, -0.2) is 29.2 Å². The Kier molecular flexibility index (Phi) is 4.56. The molecular weight excluding hydrogens is 282 g/mol. The molecule has 1 saturated heterocycles. The second-order valence-corrected chi connectivity index (χ2v) is 6.92. The summed E-state index contributed by atoms with van der Waals surface area (Å²) in [6.45, 7) is 10.5. The second kappa shape index (κ2) is 6.46. The predicted octanol–water partition coefficient (Wildman–Crippen LogP) is 4.08. The van der Waals surface area contributed by atoms with Crippen molar-refractivity contribution in [2.45, 2.75) is 46.3 Å². The SMILES string of the molecule is Cc1cccc(C(c2cccc(C)c2C)N2CCC(O)C2)c1C. The fraction of sp³-hybridized carbons (Fsp3) is 0.429. The van der Waals surface area contributed by atoms with Gasteiger partial charge in [0.05, 0.1) is 12.1 Å². The van der Waals surface area contributed by atoms with Gasteiger partial charge in [-0.2, -0.15) is 0 Å². The molecule has 1 atom stereocenters. The van der Waals surface area contributed by atoms with E-state index >= 15 is 0 Å². The Morgan fingerprint density at radius 1 is 0.913 bits per heavy atom. The molecule has 3 rings (SSSR count). The van der Waals surface area contributed by atoms with Crippen molar-refractivity contribution in [3.63, 3.8) is 0 Å². The summed E-state index contributed by atoms with van der Waals surface area (Å²) < 4.78 is 0. The monoisotopic (exact) mass is 309 g/mol. The first-order chi connectivity index (χ1) is 11.0. The average molecular weight is 309 g/mol. The zero-order chi connectivity index (χ0) is 16.6. The first-order valence-electron chi connectivity index (χ1n) is 8.53. The summed E-state index contributed by atoms with van der Waals surface area (Å²) in [5.41, 5.74) is 8.12. The first-order valence-corrected chi connectivity index (χ1v) is 8.53. The summed E-state index contributed by atoms with van der Waals surface area (Å²) in [4.78, 5) is 2.44. The van der Waals surface area contributed by atoms with E-state index in [1.807, 2.05) is 0 Å². The van der Waals surface area contributed by atoms with Gasteiger partial charge in [-0.1, -0.05) is 36.4 Å². The Morgan fingerprint density at radius 2 is 1.43 bits per heavy atom. The van der Waals surface area contributed by atoms with E-state index in [0.29, 0.717) is 0 Å². The summed E-state index contributed by atoms with van der Waals surface area (Å²) in [6.07, 6.45) is 0.666. The van der Waals surface area contributed by atoms with Crippen molar-refractivity contribution in [2.24, 2.45) is 0 Å². The number of β-amino-alcohol motifs (C(OH)–C–C–N with tert-alkyl or cyclic N) is 1. The van der Waals surface area contributed by atoms with Crippen molar-refractivity contribution in [1.29, 1.82) is 0 Å². The highest BCUT2D eigenvalue weighted by atomic mass is 16.3. The van der Waals surface area contributed by atoms with Gasteiger partial charge in [0.15, 0.2) is 0 Å². The van der Waals surface area contributed by atoms with Crippen LogP contribution in [0.25, 0.3) is 0 Å². The Hall–Kier alpha value is -1.64. The molecule has 0 amide bonds. The van der Waals surface area contributed by atoms with Crippen LogP contribution in [0.2, 0.25) is 0 Å². The van der Waals surface area contributed by atoms with Gasteiger partial charge in [0.25, 0.3) is 0 Å². The number of hydrogen-bond acceptors (Lipinski definition) is 2. The third kappa shape index (κ3) is 3.06. The third-order valence-corrected chi connectivity index (χ3v) is 5.44. The largest absolute Gasteiger partial charge is 0.392 e. The van der Waals surface area contributed by atoms with E-state index in [2.05, 4.69) is 69.0 Å². The van der Waals surface area contributed by atoms with Crippen molar-refractivity contribution < 1.29 is 5.11 Å². The van der Waals surface area contributed by atoms with Crippen molar-refractivity contribution in [3.05, 3.63) is 69.8 Å². The maximum atomic E-state index is 10.0. The molecule has 1 N–H and O–H groups in total. The number of aliphatic hydroxyl groups excluding tert-OH is 1. The Balaban J connectivity index is 2.14. The van der Waals surface area contributed by atoms with Gasteiger partial charge in [-0.15, -0.1) is 0 Å². The lowest BCUT2D eigenvalue weighted by molar-refractivity contribution is 0.166. The molecule has 0 radical (unpaired) electrons. The average Bonchev–Trinajstić information content (AvgIpc) is 2.94. The van der Waals surface area contributed by atoms with Crippen LogP contribution in [0.3, 0.4) is 0 Å². The van der Waals surface area contributed by atoms with Gasteiger partial charge in [0.1, 0.15) is 0 Å². The van der Waals surface area contributed by atoms with Crippen LogP contribution < -0.4 is 0 Å². The van der Waals surface area contributed by atoms with Gasteiger partial charge in [-0.25, -0.2) is 0 Å². The zero-order valence-corrected chi connectivity index (χ0v) is 14.6. The number of aryl methyl sites for hydroxylation is 2. The van der Waals surface area contributed by atoms with Crippen LogP contribution in [0.1, 0.15) is 45.8 Å². The molecule has 1 fully saturated rings. The Bertz CT molecular complexity index is 655. The van der Waals surface area contributed by atoms with E-state index in [9.17, 15) is 5.11 Å². The lowest BCUT2D eigenvalue weighted by Gasteiger charge is -2.31. The van der Waals surface area contributed by atoms with Gasteiger partial charge in [-0.3, -0.25) is 4.90 Å². The number of nitrogens with zero attached hydrogens (tertiary/aromatic N) is 1. The number of likely N-dealkylation sites (tertiary alicyclic amines) is 1. The number of benzene rings is 2. The Morgan fingerprint density at radius 3 is 1.87 bits per heavy atom. The fourth-order valence-electron chi connectivity index (χ4n) is 3.70. The molecule has 1 aliphatic heterocycles. The molecule has 23 heavy (non-hydrogen) atoms. The smallest absolute Gasteiger partial charge is 0.0679 e. The topological polar surface area (TPSA) is 23.5 Å². The summed E-state index contributed by atoms with van der Waals surface area (Å²) in [6, 6.07) is 13.4. The molecule has 122 valence electrons. The summed E-state index contributed by atoms with van der Waals surface area (Å²) in [5, 5.41) is 10.0. The molecule has 0 aliphatic carbocycles. The summed E-state index contributed by atoms with van der Waals surface area (Å²) in [7, 11) is 0. The molecule has 2 heteroatoms. The molecule has 0 bridgehead atoms. The molecular formula is C21H27NO. The fourth-order valence-corrected chi connectivity index (χ4v) is 3.70. The molecule has 0 spiro atoms. The molecule has 2 aromatic rings. The van der Waals surface area contributed by atoms with Crippen molar-refractivity contribution in [2.75, 3.05) is 13.1 Å². The molecule has 0 saturated carbocycles. The minimum absolute atomic E-state index is 0.201. The van der Waals surface area contributed by atoms with E-state index in [0.717, 1.165) is 19.5 Å². The third-order valence-electron chi connectivity index (χ3n) is 5.44. The highest BCUT2D eigenvalue weighted by molar-refractivity contribution is 5.45. The van der Waals surface area contributed by atoms with Gasteiger partial charge in [-0.05, 0) is 67.5 Å². The predicted molar refractivity (Wildman–Crippen MR) is 95.9 cm³/mol. The van der Waals surface area contributed by atoms with E-state index in [1.54, 1.807) is 0 Å². The summed E-state index contributed by atoms with van der Waals surface area (Å²) in [5.74, 6) is 0. The lowest BCUT2D eigenvalue weighted by atomic mass is 9.88. The van der Waals surface area contributed by atoms with Gasteiger partial charge in [0.2, 0.25) is 0 Å². The standard InChI is InChI=1S/C21H27NO/c1-14-7-5-9-19(16(14)3)21(22-12-11-18(23)13-22)20-10-6-8-15(2)17(20)4/h5-10,18,21,23H,11-13H2,1-4H3. The van der Waals surface area contributed by atoms with E-state index in [1.165, 1.54) is 33.4 Å².